The molecule has 1 aromatic heterocycles. The number of rotatable bonds is 5. The van der Waals surface area contributed by atoms with Crippen molar-refractivity contribution in [2.75, 3.05) is 33.7 Å². The van der Waals surface area contributed by atoms with Crippen LogP contribution in [0, 0.1) is 0 Å². The maximum absolute atomic E-state index is 12.3. The molecule has 3 heterocycles. The number of nitrogens with one attached hydrogen (secondary N) is 2. The molecule has 6 heteroatoms. The second-order valence-electron chi connectivity index (χ2n) is 6.84. The van der Waals surface area contributed by atoms with Gasteiger partial charge in [0.1, 0.15) is 0 Å². The number of piperidine rings is 1. The predicted octanol–water partition coefficient (Wildman–Crippen LogP) is 2.28. The molecule has 0 unspecified atom stereocenters. The van der Waals surface area contributed by atoms with Crippen LogP contribution in [0.15, 0.2) is 17.5 Å². The molecule has 0 aliphatic carbocycles. The van der Waals surface area contributed by atoms with Gasteiger partial charge in [-0.15, -0.1) is 11.3 Å². The fourth-order valence-electron chi connectivity index (χ4n) is 3.84. The molecule has 0 radical (unpaired) electrons. The second-order valence-corrected chi connectivity index (χ2v) is 7.82. The average molecular weight is 337 g/mol. The Morgan fingerprint density at radius 1 is 1.39 bits per heavy atom. The Kier molecular flexibility index (Phi) is 5.56. The average Bonchev–Trinajstić information content (AvgIpc) is 3.18. The van der Waals surface area contributed by atoms with Gasteiger partial charge in [-0.05, 0) is 51.3 Å². The molecule has 2 saturated heterocycles. The minimum atomic E-state index is -0.0224. The van der Waals surface area contributed by atoms with Crippen molar-refractivity contribution >= 4 is 17.4 Å². The smallest absolute Gasteiger partial charge is 0.315 e. The van der Waals surface area contributed by atoms with Crippen LogP contribution in [0.1, 0.15) is 36.6 Å². The van der Waals surface area contributed by atoms with Gasteiger partial charge in [0.15, 0.2) is 0 Å². The van der Waals surface area contributed by atoms with Crippen molar-refractivity contribution in [2.45, 2.75) is 43.8 Å². The summed E-state index contributed by atoms with van der Waals surface area (Å²) >= 11 is 1.74. The topological polar surface area (TPSA) is 47.6 Å². The largest absolute Gasteiger partial charge is 0.336 e. The summed E-state index contributed by atoms with van der Waals surface area (Å²) in [6, 6.07) is 5.27. The third-order valence-corrected chi connectivity index (χ3v) is 6.10. The van der Waals surface area contributed by atoms with E-state index < -0.39 is 0 Å². The molecule has 2 aliphatic rings. The van der Waals surface area contributed by atoms with Crippen molar-refractivity contribution in [3.63, 3.8) is 0 Å². The standard InChI is InChI=1S/C17H28N4OS/c1-20(2)15(16-7-5-11-23-16)12-18-17(22)19-13-8-10-21-9-4-3-6-14(13)21/h5,7,11,13-15H,3-4,6,8-10,12H2,1-2H3,(H2,18,19,22)/t13-,14-,15+/m0/s1. The lowest BCUT2D eigenvalue weighted by molar-refractivity contribution is 0.178. The molecular formula is C17H28N4OS. The third-order valence-electron chi connectivity index (χ3n) is 5.12. The highest BCUT2D eigenvalue weighted by molar-refractivity contribution is 7.10. The summed E-state index contributed by atoms with van der Waals surface area (Å²) in [4.78, 5) is 18.3. The zero-order chi connectivity index (χ0) is 16.2. The molecule has 0 spiro atoms. The minimum absolute atomic E-state index is 0.0224. The monoisotopic (exact) mass is 336 g/mol. The zero-order valence-corrected chi connectivity index (χ0v) is 14.9. The molecular weight excluding hydrogens is 308 g/mol. The highest BCUT2D eigenvalue weighted by atomic mass is 32.1. The predicted molar refractivity (Wildman–Crippen MR) is 94.9 cm³/mol. The Balaban J connectivity index is 1.49. The molecule has 2 fully saturated rings. The summed E-state index contributed by atoms with van der Waals surface area (Å²) in [6.45, 7) is 2.97. The molecule has 0 bridgehead atoms. The number of carbonyl (C=O) groups is 1. The Hall–Kier alpha value is -1.11. The van der Waals surface area contributed by atoms with Crippen molar-refractivity contribution in [1.82, 2.24) is 20.4 Å². The van der Waals surface area contributed by atoms with Crippen LogP contribution in [0.2, 0.25) is 0 Å². The van der Waals surface area contributed by atoms with Crippen LogP contribution in [-0.2, 0) is 0 Å². The van der Waals surface area contributed by atoms with Gasteiger partial charge in [0.2, 0.25) is 0 Å². The van der Waals surface area contributed by atoms with E-state index >= 15 is 0 Å². The number of carbonyl (C=O) groups excluding carboxylic acids is 1. The molecule has 128 valence electrons. The highest BCUT2D eigenvalue weighted by Gasteiger charge is 2.36. The Bertz CT molecular complexity index is 505. The van der Waals surface area contributed by atoms with E-state index in [9.17, 15) is 4.79 Å². The van der Waals surface area contributed by atoms with Gasteiger partial charge in [-0.3, -0.25) is 4.90 Å². The SMILES string of the molecule is CN(C)[C@H](CNC(=O)N[C@H]1CCN2CCCC[C@@H]12)c1cccs1. The van der Waals surface area contributed by atoms with Crippen LogP contribution in [0.5, 0.6) is 0 Å². The molecule has 2 aliphatic heterocycles. The van der Waals surface area contributed by atoms with E-state index in [0.29, 0.717) is 18.6 Å². The number of thiophene rings is 1. The molecule has 5 nitrogen and oxygen atoms in total. The van der Waals surface area contributed by atoms with Gasteiger partial charge in [-0.25, -0.2) is 4.79 Å². The summed E-state index contributed by atoms with van der Waals surface area (Å²) in [5.41, 5.74) is 0. The van der Waals surface area contributed by atoms with Crippen LogP contribution < -0.4 is 10.6 Å². The number of urea groups is 1. The first-order valence-corrected chi connectivity index (χ1v) is 9.51. The lowest BCUT2D eigenvalue weighted by Crippen LogP contribution is -2.50. The van der Waals surface area contributed by atoms with Gasteiger partial charge in [-0.1, -0.05) is 12.5 Å². The summed E-state index contributed by atoms with van der Waals surface area (Å²) in [5.74, 6) is 0. The zero-order valence-electron chi connectivity index (χ0n) is 14.1. The van der Waals surface area contributed by atoms with Crippen molar-refractivity contribution in [2.24, 2.45) is 0 Å². The summed E-state index contributed by atoms with van der Waals surface area (Å²) in [5, 5.41) is 8.37. The maximum Gasteiger partial charge on any atom is 0.315 e. The number of nitrogens with zero attached hydrogens (tertiary/aromatic N) is 2. The molecule has 3 rings (SSSR count). The van der Waals surface area contributed by atoms with Crippen molar-refractivity contribution in [3.05, 3.63) is 22.4 Å². The van der Waals surface area contributed by atoms with Crippen LogP contribution in [-0.4, -0.2) is 61.6 Å². The molecule has 1 aromatic rings. The Labute approximate surface area is 143 Å². The fourth-order valence-corrected chi connectivity index (χ4v) is 4.77. The van der Waals surface area contributed by atoms with Gasteiger partial charge in [0, 0.05) is 30.1 Å². The maximum atomic E-state index is 12.3. The van der Waals surface area contributed by atoms with Crippen molar-refractivity contribution in [1.29, 1.82) is 0 Å². The third kappa shape index (κ3) is 4.05. The van der Waals surface area contributed by atoms with E-state index in [-0.39, 0.29) is 12.1 Å². The van der Waals surface area contributed by atoms with E-state index in [1.165, 1.54) is 30.7 Å². The van der Waals surface area contributed by atoms with Crippen molar-refractivity contribution in [3.8, 4) is 0 Å². The van der Waals surface area contributed by atoms with Gasteiger partial charge in [-0.2, -0.15) is 0 Å². The van der Waals surface area contributed by atoms with Gasteiger partial charge in [0.25, 0.3) is 0 Å². The Morgan fingerprint density at radius 2 is 2.26 bits per heavy atom. The quantitative estimate of drug-likeness (QED) is 0.867. The number of hydrogen-bond acceptors (Lipinski definition) is 4. The normalized spacial score (nSPS) is 26.0. The molecule has 0 saturated carbocycles. The number of hydrogen-bond donors (Lipinski definition) is 2. The first kappa shape index (κ1) is 16.7. The molecule has 3 atom stereocenters. The second kappa shape index (κ2) is 7.64. The van der Waals surface area contributed by atoms with Gasteiger partial charge >= 0.3 is 6.03 Å². The highest BCUT2D eigenvalue weighted by Crippen LogP contribution is 2.27. The van der Waals surface area contributed by atoms with Crippen LogP contribution in [0.25, 0.3) is 0 Å². The van der Waals surface area contributed by atoms with Crippen LogP contribution >= 0.6 is 11.3 Å². The first-order chi connectivity index (χ1) is 11.1. The minimum Gasteiger partial charge on any atom is -0.336 e. The van der Waals surface area contributed by atoms with E-state index in [2.05, 4.69) is 52.0 Å². The number of fused-ring (bicyclic) bond motifs is 1. The first-order valence-electron chi connectivity index (χ1n) is 8.63. The molecule has 0 aromatic carbocycles. The number of likely N-dealkylation sites (N-methyl/N-ethyl adjacent to an activating group) is 1. The van der Waals surface area contributed by atoms with Crippen LogP contribution in [0.4, 0.5) is 4.79 Å². The summed E-state index contributed by atoms with van der Waals surface area (Å²) in [7, 11) is 4.11. The van der Waals surface area contributed by atoms with Crippen molar-refractivity contribution < 1.29 is 4.79 Å². The lowest BCUT2D eigenvalue weighted by atomic mass is 9.99. The van der Waals surface area contributed by atoms with E-state index in [1.807, 2.05) is 0 Å². The Morgan fingerprint density at radius 3 is 3.00 bits per heavy atom. The van der Waals surface area contributed by atoms with Crippen LogP contribution in [0.3, 0.4) is 0 Å². The van der Waals surface area contributed by atoms with E-state index in [0.717, 1.165) is 13.0 Å². The summed E-state index contributed by atoms with van der Waals surface area (Å²) < 4.78 is 0. The van der Waals surface area contributed by atoms with E-state index in [1.54, 1.807) is 11.3 Å². The molecule has 2 amide bonds. The van der Waals surface area contributed by atoms with Gasteiger partial charge in [0.05, 0.1) is 6.04 Å². The summed E-state index contributed by atoms with van der Waals surface area (Å²) in [6.07, 6.45) is 4.91. The molecule has 23 heavy (non-hydrogen) atoms. The number of amides is 2. The van der Waals surface area contributed by atoms with Gasteiger partial charge < -0.3 is 15.5 Å². The van der Waals surface area contributed by atoms with E-state index in [4.69, 9.17) is 0 Å². The molecule has 2 N–H and O–H groups in total. The lowest BCUT2D eigenvalue weighted by Gasteiger charge is -2.32. The fraction of sp³-hybridized carbons (Fsp3) is 0.706.